The number of benzene rings is 1. The van der Waals surface area contributed by atoms with Crippen molar-refractivity contribution >= 4 is 0 Å². The van der Waals surface area contributed by atoms with Crippen molar-refractivity contribution in [3.05, 3.63) is 29.3 Å². The van der Waals surface area contributed by atoms with Gasteiger partial charge in [-0.15, -0.1) is 0 Å². The average Bonchev–Trinajstić information content (AvgIpc) is 2.38. The predicted octanol–water partition coefficient (Wildman–Crippen LogP) is 2.25. The highest BCUT2D eigenvalue weighted by Crippen LogP contribution is 2.20. The fourth-order valence-electron chi connectivity index (χ4n) is 2.13. The monoisotopic (exact) mass is 230 g/mol. The Morgan fingerprint density at radius 3 is 3.12 bits per heavy atom. The molecule has 0 aromatic heterocycles. The van der Waals surface area contributed by atoms with E-state index in [0.717, 1.165) is 18.7 Å². The lowest BCUT2D eigenvalue weighted by Gasteiger charge is -2.23. The molecule has 2 rings (SSSR count). The van der Waals surface area contributed by atoms with Crippen LogP contribution in [0.1, 0.15) is 24.0 Å². The molecule has 1 aromatic carbocycles. The van der Waals surface area contributed by atoms with Crippen LogP contribution < -0.4 is 10.1 Å². The van der Waals surface area contributed by atoms with E-state index in [0.29, 0.717) is 23.8 Å². The molecule has 0 saturated carbocycles. The topological polar surface area (TPSA) is 45.0 Å². The molecule has 1 aliphatic heterocycles. The first-order valence-electron chi connectivity index (χ1n) is 6.14. The van der Waals surface area contributed by atoms with Gasteiger partial charge in [-0.05, 0) is 44.0 Å². The number of piperidine rings is 1. The molecule has 1 aliphatic rings. The van der Waals surface area contributed by atoms with Crippen molar-refractivity contribution in [3.63, 3.8) is 0 Å². The Kier molecular flexibility index (Phi) is 4.00. The van der Waals surface area contributed by atoms with Crippen molar-refractivity contribution in [2.24, 2.45) is 5.92 Å². The Balaban J connectivity index is 1.96. The van der Waals surface area contributed by atoms with Gasteiger partial charge in [-0.25, -0.2) is 0 Å². The summed E-state index contributed by atoms with van der Waals surface area (Å²) in [5.74, 6) is 1.28. The highest BCUT2D eigenvalue weighted by atomic mass is 16.5. The molecule has 0 bridgehead atoms. The third kappa shape index (κ3) is 3.21. The SMILES string of the molecule is Cc1ccc(OCC2CCCNC2)c(C#N)c1. The predicted molar refractivity (Wildman–Crippen MR) is 67.0 cm³/mol. The fraction of sp³-hybridized carbons (Fsp3) is 0.500. The van der Waals surface area contributed by atoms with E-state index in [2.05, 4.69) is 11.4 Å². The molecule has 1 N–H and O–H groups in total. The quantitative estimate of drug-likeness (QED) is 0.866. The van der Waals surface area contributed by atoms with Crippen molar-refractivity contribution in [3.8, 4) is 11.8 Å². The van der Waals surface area contributed by atoms with Crippen LogP contribution in [0.3, 0.4) is 0 Å². The lowest BCUT2D eigenvalue weighted by Crippen LogP contribution is -2.33. The molecule has 1 atom stereocenters. The molecular weight excluding hydrogens is 212 g/mol. The maximum atomic E-state index is 9.04. The highest BCUT2D eigenvalue weighted by Gasteiger charge is 2.14. The number of ether oxygens (including phenoxy) is 1. The van der Waals surface area contributed by atoms with Crippen molar-refractivity contribution in [1.29, 1.82) is 5.26 Å². The maximum Gasteiger partial charge on any atom is 0.137 e. The standard InChI is InChI=1S/C14H18N2O/c1-11-4-5-14(13(7-11)8-15)17-10-12-3-2-6-16-9-12/h4-5,7,12,16H,2-3,6,9-10H2,1H3. The summed E-state index contributed by atoms with van der Waals surface area (Å²) >= 11 is 0. The second-order valence-corrected chi connectivity index (χ2v) is 4.63. The molecule has 0 radical (unpaired) electrons. The summed E-state index contributed by atoms with van der Waals surface area (Å²) in [6.45, 7) is 4.82. The molecule has 0 spiro atoms. The Labute approximate surface area is 102 Å². The van der Waals surface area contributed by atoms with E-state index < -0.39 is 0 Å². The van der Waals surface area contributed by atoms with Crippen LogP contribution in [0.4, 0.5) is 0 Å². The van der Waals surface area contributed by atoms with Gasteiger partial charge in [-0.3, -0.25) is 0 Å². The van der Waals surface area contributed by atoms with Crippen molar-refractivity contribution in [2.75, 3.05) is 19.7 Å². The summed E-state index contributed by atoms with van der Waals surface area (Å²) in [4.78, 5) is 0. The normalized spacial score (nSPS) is 19.6. The minimum atomic E-state index is 0.566. The average molecular weight is 230 g/mol. The molecule has 1 aromatic rings. The number of nitrogens with zero attached hydrogens (tertiary/aromatic N) is 1. The molecule has 0 amide bonds. The first-order chi connectivity index (χ1) is 8.29. The minimum absolute atomic E-state index is 0.566. The van der Waals surface area contributed by atoms with Gasteiger partial charge in [0.25, 0.3) is 0 Å². The number of nitriles is 1. The Morgan fingerprint density at radius 1 is 1.53 bits per heavy atom. The van der Waals surface area contributed by atoms with Crippen LogP contribution in [0.2, 0.25) is 0 Å². The molecule has 1 saturated heterocycles. The van der Waals surface area contributed by atoms with Gasteiger partial charge in [-0.2, -0.15) is 5.26 Å². The van der Waals surface area contributed by atoms with Gasteiger partial charge in [0.1, 0.15) is 11.8 Å². The lowest BCUT2D eigenvalue weighted by atomic mass is 10.0. The number of aryl methyl sites for hydroxylation is 1. The first kappa shape index (κ1) is 11.9. The number of hydrogen-bond acceptors (Lipinski definition) is 3. The Bertz CT molecular complexity index is 417. The summed E-state index contributed by atoms with van der Waals surface area (Å²) in [5, 5.41) is 12.4. The van der Waals surface area contributed by atoms with Gasteiger partial charge in [0, 0.05) is 12.5 Å². The van der Waals surface area contributed by atoms with E-state index >= 15 is 0 Å². The highest BCUT2D eigenvalue weighted by molar-refractivity contribution is 5.45. The molecule has 1 fully saturated rings. The van der Waals surface area contributed by atoms with Crippen molar-refractivity contribution in [1.82, 2.24) is 5.32 Å². The smallest absolute Gasteiger partial charge is 0.137 e. The lowest BCUT2D eigenvalue weighted by molar-refractivity contribution is 0.218. The van der Waals surface area contributed by atoms with Crippen LogP contribution in [-0.2, 0) is 0 Å². The van der Waals surface area contributed by atoms with E-state index in [9.17, 15) is 0 Å². The van der Waals surface area contributed by atoms with Gasteiger partial charge >= 0.3 is 0 Å². The Hall–Kier alpha value is -1.53. The molecule has 90 valence electrons. The summed E-state index contributed by atoms with van der Waals surface area (Å²) in [6.07, 6.45) is 2.42. The van der Waals surface area contributed by atoms with Gasteiger partial charge < -0.3 is 10.1 Å². The van der Waals surface area contributed by atoms with Crippen molar-refractivity contribution in [2.45, 2.75) is 19.8 Å². The zero-order valence-corrected chi connectivity index (χ0v) is 10.2. The second-order valence-electron chi connectivity index (χ2n) is 4.63. The zero-order chi connectivity index (χ0) is 12.1. The third-order valence-electron chi connectivity index (χ3n) is 3.13. The van der Waals surface area contributed by atoms with Crippen LogP contribution in [0.15, 0.2) is 18.2 Å². The van der Waals surface area contributed by atoms with Gasteiger partial charge in [0.05, 0.1) is 12.2 Å². The summed E-state index contributed by atoms with van der Waals surface area (Å²) in [6, 6.07) is 7.93. The van der Waals surface area contributed by atoms with Crippen LogP contribution in [0.25, 0.3) is 0 Å². The summed E-state index contributed by atoms with van der Waals surface area (Å²) < 4.78 is 5.76. The molecule has 0 aliphatic carbocycles. The molecule has 17 heavy (non-hydrogen) atoms. The maximum absolute atomic E-state index is 9.04. The molecule has 3 heteroatoms. The van der Waals surface area contributed by atoms with E-state index in [-0.39, 0.29) is 0 Å². The largest absolute Gasteiger partial charge is 0.492 e. The first-order valence-corrected chi connectivity index (χ1v) is 6.14. The van der Waals surface area contributed by atoms with E-state index in [1.807, 2.05) is 25.1 Å². The number of hydrogen-bond donors (Lipinski definition) is 1. The van der Waals surface area contributed by atoms with Gasteiger partial charge in [0.2, 0.25) is 0 Å². The summed E-state index contributed by atoms with van der Waals surface area (Å²) in [7, 11) is 0. The summed E-state index contributed by atoms with van der Waals surface area (Å²) in [5.41, 5.74) is 1.72. The molecule has 1 heterocycles. The van der Waals surface area contributed by atoms with Crippen LogP contribution in [0, 0.1) is 24.2 Å². The fourth-order valence-corrected chi connectivity index (χ4v) is 2.13. The van der Waals surface area contributed by atoms with E-state index in [1.165, 1.54) is 12.8 Å². The van der Waals surface area contributed by atoms with Crippen LogP contribution >= 0.6 is 0 Å². The van der Waals surface area contributed by atoms with Gasteiger partial charge in [0.15, 0.2) is 0 Å². The number of rotatable bonds is 3. The van der Waals surface area contributed by atoms with Crippen LogP contribution in [-0.4, -0.2) is 19.7 Å². The minimum Gasteiger partial charge on any atom is -0.492 e. The Morgan fingerprint density at radius 2 is 2.41 bits per heavy atom. The van der Waals surface area contributed by atoms with E-state index in [4.69, 9.17) is 10.00 Å². The second kappa shape index (κ2) is 5.70. The molecule has 1 unspecified atom stereocenters. The molecule has 3 nitrogen and oxygen atoms in total. The van der Waals surface area contributed by atoms with Crippen molar-refractivity contribution < 1.29 is 4.74 Å². The zero-order valence-electron chi connectivity index (χ0n) is 10.2. The van der Waals surface area contributed by atoms with Crippen LogP contribution in [0.5, 0.6) is 5.75 Å². The third-order valence-corrected chi connectivity index (χ3v) is 3.13. The van der Waals surface area contributed by atoms with E-state index in [1.54, 1.807) is 0 Å². The van der Waals surface area contributed by atoms with Gasteiger partial charge in [-0.1, -0.05) is 6.07 Å². The number of nitrogens with one attached hydrogen (secondary N) is 1. The molecular formula is C14H18N2O.